The molecule has 0 N–H and O–H groups in total. The monoisotopic (exact) mass is 342 g/mol. The van der Waals surface area contributed by atoms with Crippen LogP contribution >= 0.6 is 22.9 Å². The molecular weight excluding hydrogens is 328 g/mol. The zero-order valence-corrected chi connectivity index (χ0v) is 13.7. The van der Waals surface area contributed by atoms with Crippen molar-refractivity contribution in [1.29, 1.82) is 0 Å². The number of anilines is 1. The van der Waals surface area contributed by atoms with Crippen LogP contribution in [0.4, 0.5) is 11.5 Å². The summed E-state index contributed by atoms with van der Waals surface area (Å²) in [6.07, 6.45) is 2.49. The molecule has 22 heavy (non-hydrogen) atoms. The van der Waals surface area contributed by atoms with E-state index in [1.54, 1.807) is 6.20 Å². The summed E-state index contributed by atoms with van der Waals surface area (Å²) in [5.41, 5.74) is -0.0511. The Kier molecular flexibility index (Phi) is 5.51. The van der Waals surface area contributed by atoms with E-state index in [9.17, 15) is 10.1 Å². The molecule has 0 saturated carbocycles. The molecule has 0 aliphatic rings. The fraction of sp³-hybridized carbons (Fsp3) is 0.385. The smallest absolute Gasteiger partial charge is 0.311 e. The fourth-order valence-corrected chi connectivity index (χ4v) is 2.98. The summed E-state index contributed by atoms with van der Waals surface area (Å²) in [5, 5.41) is 11.3. The van der Waals surface area contributed by atoms with Crippen LogP contribution in [0.1, 0.15) is 18.2 Å². The van der Waals surface area contributed by atoms with Crippen LogP contribution in [-0.4, -0.2) is 28.5 Å². The van der Waals surface area contributed by atoms with Gasteiger partial charge in [-0.3, -0.25) is 10.1 Å². The Morgan fingerprint density at radius 1 is 1.50 bits per heavy atom. The van der Waals surface area contributed by atoms with Gasteiger partial charge < -0.3 is 9.64 Å². The molecule has 0 radical (unpaired) electrons. The van der Waals surface area contributed by atoms with Crippen molar-refractivity contribution in [1.82, 2.24) is 9.97 Å². The lowest BCUT2D eigenvalue weighted by atomic mass is 10.3. The van der Waals surface area contributed by atoms with Gasteiger partial charge in [0.05, 0.1) is 18.6 Å². The van der Waals surface area contributed by atoms with Crippen molar-refractivity contribution in [3.63, 3.8) is 0 Å². The van der Waals surface area contributed by atoms with E-state index < -0.39 is 4.92 Å². The van der Waals surface area contributed by atoms with E-state index in [4.69, 9.17) is 16.3 Å². The average molecular weight is 343 g/mol. The summed E-state index contributed by atoms with van der Waals surface area (Å²) in [4.78, 5) is 21.8. The van der Waals surface area contributed by atoms with Gasteiger partial charge in [0.2, 0.25) is 11.7 Å². The van der Waals surface area contributed by atoms with E-state index in [1.165, 1.54) is 30.6 Å². The van der Waals surface area contributed by atoms with Gasteiger partial charge in [-0.25, -0.2) is 4.98 Å². The predicted octanol–water partition coefficient (Wildman–Crippen LogP) is 3.52. The highest BCUT2D eigenvalue weighted by Crippen LogP contribution is 2.31. The molecule has 0 amide bonds. The molecular formula is C13H15ClN4O3S. The van der Waals surface area contributed by atoms with Crippen molar-refractivity contribution < 1.29 is 9.66 Å². The normalized spacial score (nSPS) is 10.5. The molecule has 118 valence electrons. The maximum absolute atomic E-state index is 11.3. The second kappa shape index (κ2) is 7.37. The number of ether oxygens (including phenoxy) is 1. The van der Waals surface area contributed by atoms with Crippen molar-refractivity contribution >= 4 is 34.4 Å². The SMILES string of the molecule is CCCN(Cc1cnc(Cl)s1)c1nc(OC)ccc1[N+](=O)[O-]. The van der Waals surface area contributed by atoms with Gasteiger partial charge in [-0.15, -0.1) is 11.3 Å². The Bertz CT molecular complexity index is 664. The van der Waals surface area contributed by atoms with Gasteiger partial charge in [-0.05, 0) is 6.42 Å². The third-order valence-corrected chi connectivity index (χ3v) is 4.00. The lowest BCUT2D eigenvalue weighted by Crippen LogP contribution is -2.25. The zero-order chi connectivity index (χ0) is 16.1. The average Bonchev–Trinajstić information content (AvgIpc) is 2.91. The van der Waals surface area contributed by atoms with Crippen molar-refractivity contribution in [2.45, 2.75) is 19.9 Å². The number of pyridine rings is 1. The largest absolute Gasteiger partial charge is 0.481 e. The van der Waals surface area contributed by atoms with Crippen LogP contribution in [-0.2, 0) is 6.54 Å². The highest BCUT2D eigenvalue weighted by atomic mass is 35.5. The summed E-state index contributed by atoms with van der Waals surface area (Å²) < 4.78 is 5.53. The van der Waals surface area contributed by atoms with Crippen LogP contribution < -0.4 is 9.64 Å². The maximum Gasteiger partial charge on any atom is 0.311 e. The number of nitrogens with zero attached hydrogens (tertiary/aromatic N) is 4. The van der Waals surface area contributed by atoms with Crippen LogP contribution in [0.3, 0.4) is 0 Å². The molecule has 0 aromatic carbocycles. The zero-order valence-electron chi connectivity index (χ0n) is 12.2. The van der Waals surface area contributed by atoms with Gasteiger partial charge in [-0.2, -0.15) is 4.98 Å². The molecule has 0 fully saturated rings. The van der Waals surface area contributed by atoms with Crippen molar-refractivity contribution in [3.8, 4) is 5.88 Å². The van der Waals surface area contributed by atoms with Crippen molar-refractivity contribution in [3.05, 3.63) is 37.8 Å². The molecule has 2 aromatic rings. The predicted molar refractivity (Wildman–Crippen MR) is 85.9 cm³/mol. The third kappa shape index (κ3) is 3.83. The number of rotatable bonds is 7. The van der Waals surface area contributed by atoms with Crippen molar-refractivity contribution in [2.24, 2.45) is 0 Å². The van der Waals surface area contributed by atoms with Crippen LogP contribution in [0, 0.1) is 10.1 Å². The topological polar surface area (TPSA) is 81.4 Å². The van der Waals surface area contributed by atoms with E-state index in [-0.39, 0.29) is 11.5 Å². The molecule has 0 atom stereocenters. The lowest BCUT2D eigenvalue weighted by Gasteiger charge is -2.22. The highest BCUT2D eigenvalue weighted by molar-refractivity contribution is 7.15. The molecule has 2 rings (SSSR count). The Balaban J connectivity index is 2.39. The summed E-state index contributed by atoms with van der Waals surface area (Å²) in [6.45, 7) is 3.08. The molecule has 0 bridgehead atoms. The van der Waals surface area contributed by atoms with Gasteiger partial charge in [0, 0.05) is 29.8 Å². The van der Waals surface area contributed by atoms with Gasteiger partial charge in [0.1, 0.15) is 0 Å². The molecule has 0 spiro atoms. The number of aromatic nitrogens is 2. The first kappa shape index (κ1) is 16.4. The number of nitro groups is 1. The second-order valence-electron chi connectivity index (χ2n) is 4.45. The molecule has 0 saturated heterocycles. The molecule has 9 heteroatoms. The summed E-state index contributed by atoms with van der Waals surface area (Å²) in [7, 11) is 1.48. The molecule has 0 aliphatic carbocycles. The quantitative estimate of drug-likeness (QED) is 0.565. The van der Waals surface area contributed by atoms with E-state index in [0.717, 1.165) is 11.3 Å². The minimum Gasteiger partial charge on any atom is -0.481 e. The molecule has 2 heterocycles. The number of hydrogen-bond acceptors (Lipinski definition) is 7. The molecule has 0 unspecified atom stereocenters. The lowest BCUT2D eigenvalue weighted by molar-refractivity contribution is -0.384. The van der Waals surface area contributed by atoms with Gasteiger partial charge in [0.15, 0.2) is 4.47 Å². The van der Waals surface area contributed by atoms with Gasteiger partial charge >= 0.3 is 5.69 Å². The standard InChI is InChI=1S/C13H15ClN4O3S/c1-3-6-17(8-9-7-15-13(14)22-9)12-10(18(19)20)4-5-11(16-12)21-2/h4-5,7H,3,6,8H2,1-2H3. The van der Waals surface area contributed by atoms with E-state index in [1.807, 2.05) is 11.8 Å². The van der Waals surface area contributed by atoms with Gasteiger partial charge in [0.25, 0.3) is 0 Å². The molecule has 0 aliphatic heterocycles. The van der Waals surface area contributed by atoms with Crippen LogP contribution in [0.5, 0.6) is 5.88 Å². The number of thiazole rings is 1. The van der Waals surface area contributed by atoms with Crippen LogP contribution in [0.15, 0.2) is 18.3 Å². The third-order valence-electron chi connectivity index (χ3n) is 2.90. The van der Waals surface area contributed by atoms with E-state index in [0.29, 0.717) is 23.4 Å². The van der Waals surface area contributed by atoms with Crippen LogP contribution in [0.25, 0.3) is 0 Å². The number of halogens is 1. The van der Waals surface area contributed by atoms with E-state index in [2.05, 4.69) is 9.97 Å². The van der Waals surface area contributed by atoms with Crippen molar-refractivity contribution in [2.75, 3.05) is 18.6 Å². The highest BCUT2D eigenvalue weighted by Gasteiger charge is 2.22. The summed E-state index contributed by atoms with van der Waals surface area (Å²) in [6, 6.07) is 2.89. The Hall–Kier alpha value is -1.93. The second-order valence-corrected chi connectivity index (χ2v) is 6.15. The summed E-state index contributed by atoms with van der Waals surface area (Å²) in [5.74, 6) is 0.625. The van der Waals surface area contributed by atoms with Crippen LogP contribution in [0.2, 0.25) is 4.47 Å². The fourth-order valence-electron chi connectivity index (χ4n) is 1.99. The number of hydrogen-bond donors (Lipinski definition) is 0. The van der Waals surface area contributed by atoms with E-state index >= 15 is 0 Å². The minimum absolute atomic E-state index is 0.0511. The molecule has 7 nitrogen and oxygen atoms in total. The summed E-state index contributed by atoms with van der Waals surface area (Å²) >= 11 is 7.19. The maximum atomic E-state index is 11.3. The first-order valence-corrected chi connectivity index (χ1v) is 7.79. The Labute approximate surface area is 136 Å². The molecule has 2 aromatic heterocycles. The van der Waals surface area contributed by atoms with Gasteiger partial charge in [-0.1, -0.05) is 18.5 Å². The Morgan fingerprint density at radius 3 is 2.82 bits per heavy atom. The number of methoxy groups -OCH3 is 1. The minimum atomic E-state index is -0.440. The first-order valence-electron chi connectivity index (χ1n) is 6.59. The first-order chi connectivity index (χ1) is 10.5. The Morgan fingerprint density at radius 2 is 2.27 bits per heavy atom.